The van der Waals surface area contributed by atoms with E-state index in [0.717, 1.165) is 11.3 Å². The zero-order valence-corrected chi connectivity index (χ0v) is 18.9. The van der Waals surface area contributed by atoms with Gasteiger partial charge in [0.2, 0.25) is 5.91 Å². The van der Waals surface area contributed by atoms with E-state index in [-0.39, 0.29) is 24.8 Å². The monoisotopic (exact) mass is 462 g/mol. The van der Waals surface area contributed by atoms with Crippen molar-refractivity contribution in [3.8, 4) is 5.75 Å². The summed E-state index contributed by atoms with van der Waals surface area (Å²) in [6, 6.07) is 21.9. The Balaban J connectivity index is 1.61. The van der Waals surface area contributed by atoms with Crippen LogP contribution < -0.4 is 9.64 Å². The molecule has 0 saturated carbocycles. The van der Waals surface area contributed by atoms with Gasteiger partial charge in [0.1, 0.15) is 11.8 Å². The lowest BCUT2D eigenvalue weighted by Gasteiger charge is -2.28. The second kappa shape index (κ2) is 9.88. The number of para-hydroxylation sites is 1. The Morgan fingerprint density at radius 3 is 2.30 bits per heavy atom. The van der Waals surface area contributed by atoms with Gasteiger partial charge in [-0.1, -0.05) is 41.9 Å². The molecule has 3 aromatic rings. The zero-order chi connectivity index (χ0) is 23.4. The number of halogens is 1. The highest BCUT2D eigenvalue weighted by atomic mass is 35.5. The van der Waals surface area contributed by atoms with Crippen molar-refractivity contribution in [3.05, 3.63) is 95.0 Å². The minimum absolute atomic E-state index is 0.0599. The fourth-order valence-electron chi connectivity index (χ4n) is 3.91. The standard InChI is InChI=1S/C26H23ClN2O4/c1-33-22-13-7-18(8-14-22)15-16-28(25(31)19-9-11-20(27)12-10-19)23-17-24(30)29(26(23)32)21-5-3-2-4-6-21/h2-14,23H,15-17H2,1H3/t23-/m1/s1. The molecule has 0 N–H and O–H groups in total. The van der Waals surface area contributed by atoms with E-state index in [1.165, 1.54) is 9.80 Å². The minimum Gasteiger partial charge on any atom is -0.497 e. The summed E-state index contributed by atoms with van der Waals surface area (Å²) in [5, 5.41) is 0.513. The summed E-state index contributed by atoms with van der Waals surface area (Å²) < 4.78 is 5.20. The first kappa shape index (κ1) is 22.6. The highest BCUT2D eigenvalue weighted by Crippen LogP contribution is 2.27. The number of amides is 3. The van der Waals surface area contributed by atoms with Gasteiger partial charge in [0.15, 0.2) is 0 Å². The molecule has 4 rings (SSSR count). The number of methoxy groups -OCH3 is 1. The average Bonchev–Trinajstić information content (AvgIpc) is 3.14. The molecule has 168 valence electrons. The maximum Gasteiger partial charge on any atom is 0.257 e. The van der Waals surface area contributed by atoms with Gasteiger partial charge in [-0.15, -0.1) is 0 Å². The molecule has 1 aliphatic heterocycles. The molecule has 7 heteroatoms. The number of imide groups is 1. The first-order valence-electron chi connectivity index (χ1n) is 10.6. The van der Waals surface area contributed by atoms with Crippen molar-refractivity contribution < 1.29 is 19.1 Å². The maximum atomic E-state index is 13.4. The van der Waals surface area contributed by atoms with Gasteiger partial charge >= 0.3 is 0 Å². The third kappa shape index (κ3) is 4.91. The first-order chi connectivity index (χ1) is 16.0. The molecule has 1 aliphatic rings. The van der Waals surface area contributed by atoms with Crippen molar-refractivity contribution in [2.45, 2.75) is 18.9 Å². The molecule has 0 aromatic heterocycles. The van der Waals surface area contributed by atoms with Crippen LogP contribution in [0.2, 0.25) is 5.02 Å². The van der Waals surface area contributed by atoms with Gasteiger partial charge in [-0.25, -0.2) is 4.90 Å². The van der Waals surface area contributed by atoms with Crippen LogP contribution in [0, 0.1) is 0 Å². The van der Waals surface area contributed by atoms with E-state index in [0.29, 0.717) is 22.7 Å². The molecule has 0 unspecified atom stereocenters. The van der Waals surface area contributed by atoms with E-state index in [2.05, 4.69) is 0 Å². The van der Waals surface area contributed by atoms with Crippen molar-refractivity contribution in [2.75, 3.05) is 18.6 Å². The Morgan fingerprint density at radius 1 is 1.00 bits per heavy atom. The minimum atomic E-state index is -0.876. The Labute approximate surface area is 197 Å². The van der Waals surface area contributed by atoms with Crippen LogP contribution in [0.1, 0.15) is 22.3 Å². The molecule has 6 nitrogen and oxygen atoms in total. The topological polar surface area (TPSA) is 66.9 Å². The zero-order valence-electron chi connectivity index (χ0n) is 18.1. The Hall–Kier alpha value is -3.64. The number of hydrogen-bond acceptors (Lipinski definition) is 4. The van der Waals surface area contributed by atoms with Gasteiger partial charge in [0.25, 0.3) is 11.8 Å². The van der Waals surface area contributed by atoms with E-state index in [1.54, 1.807) is 55.6 Å². The van der Waals surface area contributed by atoms with Crippen LogP contribution in [-0.2, 0) is 16.0 Å². The van der Waals surface area contributed by atoms with Gasteiger partial charge < -0.3 is 9.64 Å². The molecule has 0 radical (unpaired) electrons. The number of hydrogen-bond donors (Lipinski definition) is 0. The molecular formula is C26H23ClN2O4. The van der Waals surface area contributed by atoms with E-state index >= 15 is 0 Å². The SMILES string of the molecule is COc1ccc(CCN(C(=O)c2ccc(Cl)cc2)[C@@H]2CC(=O)N(c3ccccc3)C2=O)cc1. The molecule has 1 heterocycles. The number of ether oxygens (including phenoxy) is 1. The lowest BCUT2D eigenvalue weighted by atomic mass is 10.1. The summed E-state index contributed by atoms with van der Waals surface area (Å²) in [5.74, 6) is -0.304. The Kier molecular flexibility index (Phi) is 6.75. The highest BCUT2D eigenvalue weighted by Gasteiger charge is 2.44. The summed E-state index contributed by atoms with van der Waals surface area (Å²) >= 11 is 5.98. The normalized spacial score (nSPS) is 15.6. The van der Waals surface area contributed by atoms with Gasteiger partial charge in [0, 0.05) is 17.1 Å². The maximum absolute atomic E-state index is 13.4. The summed E-state index contributed by atoms with van der Waals surface area (Å²) in [6.07, 6.45) is 0.461. The molecule has 0 aliphatic carbocycles. The predicted octanol–water partition coefficient (Wildman–Crippen LogP) is 4.37. The fourth-order valence-corrected chi connectivity index (χ4v) is 4.03. The van der Waals surface area contributed by atoms with Crippen LogP contribution in [0.25, 0.3) is 0 Å². The van der Waals surface area contributed by atoms with E-state index < -0.39 is 11.9 Å². The van der Waals surface area contributed by atoms with Crippen molar-refractivity contribution in [1.82, 2.24) is 4.90 Å². The second-order valence-corrected chi connectivity index (χ2v) is 8.16. The predicted molar refractivity (Wildman–Crippen MR) is 127 cm³/mol. The quantitative estimate of drug-likeness (QED) is 0.489. The number of carbonyl (C=O) groups is 3. The van der Waals surface area contributed by atoms with E-state index in [4.69, 9.17) is 16.3 Å². The Morgan fingerprint density at radius 2 is 1.67 bits per heavy atom. The van der Waals surface area contributed by atoms with Crippen molar-refractivity contribution in [3.63, 3.8) is 0 Å². The van der Waals surface area contributed by atoms with Gasteiger partial charge in [-0.2, -0.15) is 0 Å². The van der Waals surface area contributed by atoms with Gasteiger partial charge in [-0.05, 0) is 60.5 Å². The summed E-state index contributed by atoms with van der Waals surface area (Å²) in [5.41, 5.74) is 1.90. The third-order valence-corrected chi connectivity index (χ3v) is 5.92. The molecular weight excluding hydrogens is 440 g/mol. The number of carbonyl (C=O) groups excluding carboxylic acids is 3. The van der Waals surface area contributed by atoms with Gasteiger partial charge in [-0.3, -0.25) is 14.4 Å². The summed E-state index contributed by atoms with van der Waals surface area (Å²) in [6.45, 7) is 0.278. The van der Waals surface area contributed by atoms with Crippen LogP contribution >= 0.6 is 11.6 Å². The second-order valence-electron chi connectivity index (χ2n) is 7.73. The van der Waals surface area contributed by atoms with E-state index in [1.807, 2.05) is 30.3 Å². The molecule has 0 spiro atoms. The molecule has 3 aromatic carbocycles. The smallest absolute Gasteiger partial charge is 0.257 e. The molecule has 33 heavy (non-hydrogen) atoms. The molecule has 1 fully saturated rings. The van der Waals surface area contributed by atoms with Crippen LogP contribution in [0.5, 0.6) is 5.75 Å². The van der Waals surface area contributed by atoms with Crippen molar-refractivity contribution >= 4 is 35.0 Å². The molecule has 1 saturated heterocycles. The average molecular weight is 463 g/mol. The van der Waals surface area contributed by atoms with E-state index in [9.17, 15) is 14.4 Å². The fraction of sp³-hybridized carbons (Fsp3) is 0.192. The number of nitrogens with zero attached hydrogens (tertiary/aromatic N) is 2. The van der Waals surface area contributed by atoms with Crippen molar-refractivity contribution in [2.24, 2.45) is 0 Å². The number of benzene rings is 3. The van der Waals surface area contributed by atoms with Crippen LogP contribution in [0.4, 0.5) is 5.69 Å². The molecule has 0 bridgehead atoms. The Bertz CT molecular complexity index is 1150. The number of anilines is 1. The molecule has 1 atom stereocenters. The van der Waals surface area contributed by atoms with Crippen molar-refractivity contribution in [1.29, 1.82) is 0 Å². The number of rotatable bonds is 7. The highest BCUT2D eigenvalue weighted by molar-refractivity contribution is 6.30. The molecule has 3 amide bonds. The largest absolute Gasteiger partial charge is 0.497 e. The lowest BCUT2D eigenvalue weighted by Crippen LogP contribution is -2.46. The summed E-state index contributed by atoms with van der Waals surface area (Å²) in [7, 11) is 1.60. The first-order valence-corrected chi connectivity index (χ1v) is 11.0. The third-order valence-electron chi connectivity index (χ3n) is 5.67. The van der Waals surface area contributed by atoms with Crippen LogP contribution in [0.15, 0.2) is 78.9 Å². The van der Waals surface area contributed by atoms with Gasteiger partial charge in [0.05, 0.1) is 19.2 Å². The lowest BCUT2D eigenvalue weighted by molar-refractivity contribution is -0.122. The van der Waals surface area contributed by atoms with Crippen LogP contribution in [-0.4, -0.2) is 42.3 Å². The van der Waals surface area contributed by atoms with Crippen LogP contribution in [0.3, 0.4) is 0 Å². The summed E-state index contributed by atoms with van der Waals surface area (Å²) in [4.78, 5) is 42.2.